The topological polar surface area (TPSA) is 119 Å². The molecule has 1 aliphatic heterocycles. The van der Waals surface area contributed by atoms with Crippen molar-refractivity contribution in [3.05, 3.63) is 70.8 Å². The average molecular weight is 479 g/mol. The van der Waals surface area contributed by atoms with Crippen molar-refractivity contribution < 1.29 is 14.6 Å². The smallest absolute Gasteiger partial charge is 0.324 e. The molecule has 1 fully saturated rings. The predicted octanol–water partition coefficient (Wildman–Crippen LogP) is 5.36. The van der Waals surface area contributed by atoms with Crippen LogP contribution in [-0.2, 0) is 0 Å². The summed E-state index contributed by atoms with van der Waals surface area (Å²) >= 11 is 8.26. The third kappa shape index (κ3) is 4.43. The number of piperidine rings is 1. The molecule has 0 aliphatic carbocycles. The summed E-state index contributed by atoms with van der Waals surface area (Å²) < 4.78 is 0. The van der Waals surface area contributed by atoms with Crippen LogP contribution < -0.4 is 0 Å². The predicted molar refractivity (Wildman–Crippen MR) is 118 cm³/mol. The number of halogens is 1. The number of benzene rings is 1. The van der Waals surface area contributed by atoms with E-state index in [2.05, 4.69) is 4.98 Å². The fourth-order valence-electron chi connectivity index (χ4n) is 3.45. The van der Waals surface area contributed by atoms with Crippen LogP contribution in [0.15, 0.2) is 35.7 Å². The number of hydrogen-bond donors (Lipinski definition) is 0. The summed E-state index contributed by atoms with van der Waals surface area (Å²) in [4.78, 5) is 40.3. The number of carbonyl (C=O) groups is 1. The Bertz CT molecular complexity index is 1170. The molecule has 1 aliphatic rings. The molecule has 0 spiro atoms. The molecule has 1 amide bonds. The maximum Gasteiger partial charge on any atom is 0.324 e. The molecule has 0 radical (unpaired) electrons. The van der Waals surface area contributed by atoms with Gasteiger partial charge in [-0.3, -0.25) is 25.0 Å². The molecule has 0 bridgehead atoms. The van der Waals surface area contributed by atoms with Crippen LogP contribution in [0.2, 0.25) is 5.02 Å². The number of aromatic nitrogens is 1. The van der Waals surface area contributed by atoms with Crippen LogP contribution >= 0.6 is 34.3 Å². The summed E-state index contributed by atoms with van der Waals surface area (Å²) in [5.74, 6) is -0.00684. The molecule has 1 saturated heterocycles. The van der Waals surface area contributed by atoms with Crippen molar-refractivity contribution >= 4 is 50.9 Å². The Morgan fingerprint density at radius 1 is 1.13 bits per heavy atom. The Hall–Kier alpha value is -2.89. The molecule has 160 valence electrons. The normalized spacial score (nSPS) is 14.5. The number of nitro groups is 2. The summed E-state index contributed by atoms with van der Waals surface area (Å²) in [7, 11) is 0. The minimum Gasteiger partial charge on any atom is -0.338 e. The second kappa shape index (κ2) is 8.69. The number of nitro benzene ring substituents is 1. The van der Waals surface area contributed by atoms with E-state index in [0.29, 0.717) is 29.2 Å². The monoisotopic (exact) mass is 478 g/mol. The molecular formula is C19H15ClN4O5S2. The van der Waals surface area contributed by atoms with Gasteiger partial charge < -0.3 is 4.90 Å². The minimum absolute atomic E-state index is 0.0454. The van der Waals surface area contributed by atoms with Gasteiger partial charge in [-0.25, -0.2) is 4.98 Å². The van der Waals surface area contributed by atoms with Gasteiger partial charge >= 0.3 is 5.00 Å². The van der Waals surface area contributed by atoms with Crippen LogP contribution in [0.25, 0.3) is 11.3 Å². The summed E-state index contributed by atoms with van der Waals surface area (Å²) in [6, 6.07) is 7.46. The molecule has 3 heterocycles. The number of rotatable bonds is 5. The Morgan fingerprint density at radius 3 is 2.52 bits per heavy atom. The molecule has 2 aromatic heterocycles. The van der Waals surface area contributed by atoms with Gasteiger partial charge in [0.1, 0.15) is 5.02 Å². The highest BCUT2D eigenvalue weighted by molar-refractivity contribution is 7.17. The second-order valence-electron chi connectivity index (χ2n) is 6.96. The van der Waals surface area contributed by atoms with Gasteiger partial charge in [0.15, 0.2) is 0 Å². The zero-order valence-electron chi connectivity index (χ0n) is 15.9. The van der Waals surface area contributed by atoms with E-state index < -0.39 is 9.85 Å². The Morgan fingerprint density at radius 2 is 1.87 bits per heavy atom. The van der Waals surface area contributed by atoms with Gasteiger partial charge in [0.05, 0.1) is 25.4 Å². The SMILES string of the molecule is O=C(c1ccc([N+](=O)[O-])s1)N1CCC(c2nc(-c3ccc(Cl)c([N+](=O)[O-])c3)cs2)CC1. The number of amides is 1. The molecule has 0 unspecified atom stereocenters. The Kier molecular flexibility index (Phi) is 5.99. The highest BCUT2D eigenvalue weighted by Crippen LogP contribution is 2.36. The Balaban J connectivity index is 1.42. The van der Waals surface area contributed by atoms with Gasteiger partial charge in [-0.05, 0) is 25.0 Å². The molecule has 0 saturated carbocycles. The lowest BCUT2D eigenvalue weighted by Gasteiger charge is -2.30. The van der Waals surface area contributed by atoms with E-state index >= 15 is 0 Å². The first-order valence-corrected chi connectivity index (χ1v) is 11.3. The molecule has 1 aromatic carbocycles. The minimum atomic E-state index is -0.520. The number of nitrogens with zero attached hydrogens (tertiary/aromatic N) is 4. The fourth-order valence-corrected chi connectivity index (χ4v) is 5.42. The molecule has 4 rings (SSSR count). The standard InChI is InChI=1S/C19H15ClN4O5S2/c20-13-2-1-12(9-15(13)23(26)27)14-10-30-18(21-14)11-5-7-22(8-6-11)19(25)16-3-4-17(31-16)24(28)29/h1-4,9-11H,5-8H2. The van der Waals surface area contributed by atoms with E-state index in [-0.39, 0.29) is 27.5 Å². The summed E-state index contributed by atoms with van der Waals surface area (Å²) in [6.07, 6.45) is 1.46. The zero-order chi connectivity index (χ0) is 22.1. The van der Waals surface area contributed by atoms with E-state index in [1.807, 2.05) is 5.38 Å². The lowest BCUT2D eigenvalue weighted by molar-refractivity contribution is -0.384. The number of likely N-dealkylation sites (tertiary alicyclic amines) is 1. The van der Waals surface area contributed by atoms with E-state index in [4.69, 9.17) is 11.6 Å². The summed E-state index contributed by atoms with van der Waals surface area (Å²) in [5, 5.41) is 24.8. The first-order valence-electron chi connectivity index (χ1n) is 9.26. The van der Waals surface area contributed by atoms with Gasteiger partial charge in [0, 0.05) is 42.1 Å². The third-order valence-corrected chi connectivity index (χ3v) is 7.43. The quantitative estimate of drug-likeness (QED) is 0.359. The lowest BCUT2D eigenvalue weighted by Crippen LogP contribution is -2.37. The van der Waals surface area contributed by atoms with Gasteiger partial charge in [0.2, 0.25) is 0 Å². The lowest BCUT2D eigenvalue weighted by atomic mass is 9.97. The van der Waals surface area contributed by atoms with Gasteiger partial charge in [0.25, 0.3) is 11.6 Å². The average Bonchev–Trinajstić information content (AvgIpc) is 3.44. The van der Waals surface area contributed by atoms with Crippen molar-refractivity contribution in [1.29, 1.82) is 0 Å². The van der Waals surface area contributed by atoms with Crippen LogP contribution in [-0.4, -0.2) is 38.7 Å². The maximum absolute atomic E-state index is 12.6. The van der Waals surface area contributed by atoms with Crippen molar-refractivity contribution in [2.24, 2.45) is 0 Å². The number of hydrogen-bond acceptors (Lipinski definition) is 8. The molecular weight excluding hydrogens is 464 g/mol. The van der Waals surface area contributed by atoms with E-state index in [9.17, 15) is 25.0 Å². The van der Waals surface area contributed by atoms with Gasteiger partial charge in [-0.15, -0.1) is 11.3 Å². The van der Waals surface area contributed by atoms with Crippen molar-refractivity contribution in [2.45, 2.75) is 18.8 Å². The molecule has 0 N–H and O–H groups in total. The van der Waals surface area contributed by atoms with Crippen molar-refractivity contribution in [3.8, 4) is 11.3 Å². The van der Waals surface area contributed by atoms with Crippen molar-refractivity contribution in [3.63, 3.8) is 0 Å². The second-order valence-corrected chi connectivity index (χ2v) is 9.31. The van der Waals surface area contributed by atoms with Crippen molar-refractivity contribution in [1.82, 2.24) is 9.88 Å². The van der Waals surface area contributed by atoms with Gasteiger partial charge in [-0.2, -0.15) is 0 Å². The van der Waals surface area contributed by atoms with Crippen LogP contribution in [0.5, 0.6) is 0 Å². The summed E-state index contributed by atoms with van der Waals surface area (Å²) in [6.45, 7) is 1.08. The van der Waals surface area contributed by atoms with Crippen LogP contribution in [0, 0.1) is 20.2 Å². The first-order chi connectivity index (χ1) is 14.8. The zero-order valence-corrected chi connectivity index (χ0v) is 18.3. The van der Waals surface area contributed by atoms with Crippen LogP contribution in [0.4, 0.5) is 10.7 Å². The van der Waals surface area contributed by atoms with Crippen LogP contribution in [0.1, 0.15) is 33.4 Å². The molecule has 9 nitrogen and oxygen atoms in total. The maximum atomic E-state index is 12.6. The highest BCUT2D eigenvalue weighted by atomic mass is 35.5. The Labute approximate surface area is 189 Å². The molecule has 0 atom stereocenters. The van der Waals surface area contributed by atoms with Crippen molar-refractivity contribution in [2.75, 3.05) is 13.1 Å². The van der Waals surface area contributed by atoms with Gasteiger partial charge in [-0.1, -0.05) is 29.0 Å². The number of thiophene rings is 1. The highest BCUT2D eigenvalue weighted by Gasteiger charge is 2.28. The third-order valence-electron chi connectivity index (χ3n) is 5.07. The molecule has 12 heteroatoms. The number of carbonyl (C=O) groups excluding carboxylic acids is 1. The molecule has 3 aromatic rings. The molecule has 31 heavy (non-hydrogen) atoms. The summed E-state index contributed by atoms with van der Waals surface area (Å²) in [5.41, 5.74) is 1.13. The number of thiazole rings is 1. The first kappa shape index (κ1) is 21.3. The van der Waals surface area contributed by atoms with Crippen LogP contribution in [0.3, 0.4) is 0 Å². The van der Waals surface area contributed by atoms with E-state index in [1.165, 1.54) is 35.6 Å². The fraction of sp³-hybridized carbons (Fsp3) is 0.263. The van der Waals surface area contributed by atoms with E-state index in [1.54, 1.807) is 11.0 Å². The largest absolute Gasteiger partial charge is 0.338 e. The van der Waals surface area contributed by atoms with E-state index in [0.717, 1.165) is 29.2 Å².